The monoisotopic (exact) mass is 490 g/mol. The third-order valence-corrected chi connectivity index (χ3v) is 6.64. The summed E-state index contributed by atoms with van der Waals surface area (Å²) in [6.45, 7) is 4.24. The van der Waals surface area contributed by atoms with Gasteiger partial charge in [-0.15, -0.1) is 0 Å². The van der Waals surface area contributed by atoms with Crippen LogP contribution in [-0.4, -0.2) is 88.4 Å². The number of nitrogens with two attached hydrogens (primary N) is 1. The van der Waals surface area contributed by atoms with E-state index < -0.39 is 42.0 Å². The number of aliphatic carboxylic acids is 1. The number of likely N-dealkylation sites (tertiary alicyclic amines) is 1. The highest BCUT2D eigenvalue weighted by molar-refractivity contribution is 7.98. The van der Waals surface area contributed by atoms with Gasteiger partial charge >= 0.3 is 5.97 Å². The molecule has 0 bridgehead atoms. The van der Waals surface area contributed by atoms with Gasteiger partial charge in [0.05, 0.1) is 6.04 Å². The summed E-state index contributed by atoms with van der Waals surface area (Å²) in [4.78, 5) is 51.6. The second-order valence-electron chi connectivity index (χ2n) is 8.45. The number of rotatable bonds is 14. The van der Waals surface area contributed by atoms with Crippen molar-refractivity contribution in [1.82, 2.24) is 15.5 Å². The van der Waals surface area contributed by atoms with Crippen molar-refractivity contribution in [2.45, 2.75) is 70.1 Å². The highest BCUT2D eigenvalue weighted by Gasteiger charge is 2.38. The third-order valence-electron chi connectivity index (χ3n) is 5.36. The average Bonchev–Trinajstić information content (AvgIpc) is 3.23. The topological polar surface area (TPSA) is 142 Å². The summed E-state index contributed by atoms with van der Waals surface area (Å²) in [5, 5.41) is 15.0. The summed E-state index contributed by atoms with van der Waals surface area (Å²) in [5.41, 5.74) is 5.95. The molecule has 0 aromatic rings. The van der Waals surface area contributed by atoms with Gasteiger partial charge in [0.1, 0.15) is 18.1 Å². The quantitative estimate of drug-likeness (QED) is 0.281. The molecule has 1 rings (SSSR count). The molecular formula is C21H38N4O5S2. The van der Waals surface area contributed by atoms with Crippen LogP contribution in [0.2, 0.25) is 0 Å². The molecule has 1 heterocycles. The van der Waals surface area contributed by atoms with Crippen molar-refractivity contribution in [3.05, 3.63) is 0 Å². The van der Waals surface area contributed by atoms with Gasteiger partial charge in [0.2, 0.25) is 17.7 Å². The number of hydrogen-bond acceptors (Lipinski definition) is 7. The van der Waals surface area contributed by atoms with Crippen molar-refractivity contribution in [2.24, 2.45) is 11.7 Å². The minimum atomic E-state index is -1.03. The van der Waals surface area contributed by atoms with E-state index in [0.29, 0.717) is 44.4 Å². The summed E-state index contributed by atoms with van der Waals surface area (Å²) in [7, 11) is 0. The number of carboxylic acids is 1. The normalized spacial score (nSPS) is 18.8. The van der Waals surface area contributed by atoms with E-state index in [-0.39, 0.29) is 11.8 Å². The van der Waals surface area contributed by atoms with Crippen LogP contribution in [-0.2, 0) is 19.2 Å². The number of thioether (sulfide) groups is 2. The van der Waals surface area contributed by atoms with Gasteiger partial charge in [-0.05, 0) is 62.0 Å². The third kappa shape index (κ3) is 9.19. The highest BCUT2D eigenvalue weighted by atomic mass is 32.2. The van der Waals surface area contributed by atoms with E-state index in [1.54, 1.807) is 11.8 Å². The second-order valence-corrected chi connectivity index (χ2v) is 10.4. The van der Waals surface area contributed by atoms with E-state index in [9.17, 15) is 24.3 Å². The van der Waals surface area contributed by atoms with Crippen LogP contribution in [0.15, 0.2) is 0 Å². The zero-order valence-corrected chi connectivity index (χ0v) is 21.1. The van der Waals surface area contributed by atoms with Crippen molar-refractivity contribution in [1.29, 1.82) is 0 Å². The van der Waals surface area contributed by atoms with Crippen molar-refractivity contribution < 1.29 is 24.3 Å². The van der Waals surface area contributed by atoms with Crippen LogP contribution in [0.25, 0.3) is 0 Å². The SMILES string of the molecule is CSCCC(N)C(=O)NC(CC(C)C)C(=O)NC(CCSC)C(=O)N1CCCC1C(=O)O. The van der Waals surface area contributed by atoms with E-state index in [0.717, 1.165) is 5.75 Å². The molecule has 4 unspecified atom stereocenters. The smallest absolute Gasteiger partial charge is 0.326 e. The molecule has 184 valence electrons. The molecule has 0 radical (unpaired) electrons. The fraction of sp³-hybridized carbons (Fsp3) is 0.810. The van der Waals surface area contributed by atoms with Gasteiger partial charge in [0, 0.05) is 6.54 Å². The van der Waals surface area contributed by atoms with Gasteiger partial charge in [0.15, 0.2) is 0 Å². The van der Waals surface area contributed by atoms with Gasteiger partial charge in [-0.1, -0.05) is 13.8 Å². The maximum atomic E-state index is 13.1. The first-order valence-corrected chi connectivity index (χ1v) is 13.8. The molecule has 9 nitrogen and oxygen atoms in total. The Kier molecular flexibility index (Phi) is 13.1. The molecule has 11 heteroatoms. The molecular weight excluding hydrogens is 452 g/mol. The molecule has 5 N–H and O–H groups in total. The Labute approximate surface area is 199 Å². The lowest BCUT2D eigenvalue weighted by Crippen LogP contribution is -2.57. The maximum absolute atomic E-state index is 13.1. The van der Waals surface area contributed by atoms with E-state index in [4.69, 9.17) is 5.73 Å². The molecule has 1 aliphatic heterocycles. The number of hydrogen-bond donors (Lipinski definition) is 4. The largest absolute Gasteiger partial charge is 0.480 e. The summed E-state index contributed by atoms with van der Waals surface area (Å²) < 4.78 is 0. The second kappa shape index (κ2) is 14.6. The van der Waals surface area contributed by atoms with Crippen LogP contribution in [0.1, 0.15) is 46.0 Å². The Bertz CT molecular complexity index is 650. The predicted molar refractivity (Wildman–Crippen MR) is 130 cm³/mol. The molecule has 1 aliphatic rings. The Hall–Kier alpha value is -1.46. The Morgan fingerprint density at radius 1 is 1.03 bits per heavy atom. The number of amides is 3. The summed E-state index contributed by atoms with van der Waals surface area (Å²) in [5.74, 6) is -0.765. The van der Waals surface area contributed by atoms with Gasteiger partial charge in [-0.2, -0.15) is 23.5 Å². The zero-order chi connectivity index (χ0) is 24.3. The Balaban J connectivity index is 2.93. The molecule has 0 aromatic heterocycles. The number of nitrogens with zero attached hydrogens (tertiary/aromatic N) is 1. The Morgan fingerprint density at radius 2 is 1.62 bits per heavy atom. The molecule has 3 amide bonds. The number of carbonyl (C=O) groups is 4. The van der Waals surface area contributed by atoms with Gasteiger partial charge in [0.25, 0.3) is 0 Å². The molecule has 1 saturated heterocycles. The molecule has 0 spiro atoms. The average molecular weight is 491 g/mol. The van der Waals surface area contributed by atoms with Crippen LogP contribution < -0.4 is 16.4 Å². The molecule has 32 heavy (non-hydrogen) atoms. The van der Waals surface area contributed by atoms with Crippen LogP contribution in [0.5, 0.6) is 0 Å². The van der Waals surface area contributed by atoms with Gasteiger partial charge in [-0.3, -0.25) is 14.4 Å². The lowest BCUT2D eigenvalue weighted by molar-refractivity contribution is -0.149. The highest BCUT2D eigenvalue weighted by Crippen LogP contribution is 2.20. The van der Waals surface area contributed by atoms with E-state index in [1.165, 1.54) is 16.7 Å². The first kappa shape index (κ1) is 28.6. The van der Waals surface area contributed by atoms with E-state index in [1.807, 2.05) is 26.4 Å². The minimum Gasteiger partial charge on any atom is -0.480 e. The maximum Gasteiger partial charge on any atom is 0.326 e. The zero-order valence-electron chi connectivity index (χ0n) is 19.5. The van der Waals surface area contributed by atoms with E-state index in [2.05, 4.69) is 10.6 Å². The first-order chi connectivity index (χ1) is 15.1. The molecule has 0 aromatic carbocycles. The summed E-state index contributed by atoms with van der Waals surface area (Å²) in [6.07, 6.45) is 6.14. The van der Waals surface area contributed by atoms with E-state index >= 15 is 0 Å². The minimum absolute atomic E-state index is 0.129. The fourth-order valence-corrected chi connectivity index (χ4v) is 4.57. The Morgan fingerprint density at radius 3 is 2.19 bits per heavy atom. The lowest BCUT2D eigenvalue weighted by Gasteiger charge is -2.29. The van der Waals surface area contributed by atoms with Crippen LogP contribution in [0.3, 0.4) is 0 Å². The summed E-state index contributed by atoms with van der Waals surface area (Å²) >= 11 is 3.13. The number of carbonyl (C=O) groups excluding carboxylic acids is 3. The number of carboxylic acid groups (broad SMARTS) is 1. The van der Waals surface area contributed by atoms with Crippen LogP contribution in [0, 0.1) is 5.92 Å². The standard InChI is InChI=1S/C21H38N4O5S2/c1-13(2)12-16(24-18(26)14(22)7-10-31-3)19(27)23-15(8-11-32-4)20(28)25-9-5-6-17(25)21(29)30/h13-17H,5-12,22H2,1-4H3,(H,23,27)(H,24,26)(H,29,30). The van der Waals surface area contributed by atoms with Crippen molar-refractivity contribution >= 4 is 47.2 Å². The fourth-order valence-electron chi connectivity index (χ4n) is 3.61. The van der Waals surface area contributed by atoms with Crippen LogP contribution >= 0.6 is 23.5 Å². The molecule has 4 atom stereocenters. The van der Waals surface area contributed by atoms with Crippen molar-refractivity contribution in [3.8, 4) is 0 Å². The van der Waals surface area contributed by atoms with Crippen LogP contribution in [0.4, 0.5) is 0 Å². The lowest BCUT2D eigenvalue weighted by atomic mass is 10.0. The number of nitrogens with one attached hydrogen (secondary N) is 2. The molecule has 1 fully saturated rings. The first-order valence-electron chi connectivity index (χ1n) is 11.0. The predicted octanol–water partition coefficient (Wildman–Crippen LogP) is 0.911. The van der Waals surface area contributed by atoms with Gasteiger partial charge in [-0.25, -0.2) is 4.79 Å². The van der Waals surface area contributed by atoms with Crippen molar-refractivity contribution in [3.63, 3.8) is 0 Å². The van der Waals surface area contributed by atoms with Crippen molar-refractivity contribution in [2.75, 3.05) is 30.6 Å². The van der Waals surface area contributed by atoms with Gasteiger partial charge < -0.3 is 26.4 Å². The summed E-state index contributed by atoms with van der Waals surface area (Å²) in [6, 6.07) is -3.23. The molecule has 0 aliphatic carbocycles. The molecule has 0 saturated carbocycles.